The van der Waals surface area contributed by atoms with Crippen molar-refractivity contribution in [2.75, 3.05) is 0 Å². The monoisotopic (exact) mass is 298 g/mol. The van der Waals surface area contributed by atoms with Crippen LogP contribution in [0.5, 0.6) is 0 Å². The molecule has 0 aliphatic carbocycles. The van der Waals surface area contributed by atoms with Gasteiger partial charge >= 0.3 is 0 Å². The zero-order valence-electron chi connectivity index (χ0n) is 11.0. The van der Waals surface area contributed by atoms with Gasteiger partial charge in [-0.1, -0.05) is 23.7 Å². The molecule has 4 heteroatoms. The number of carbonyl (C=O) groups is 1. The average molecular weight is 299 g/mol. The summed E-state index contributed by atoms with van der Waals surface area (Å²) in [7, 11) is 0. The Bertz CT molecular complexity index is 782. The number of carbonyl (C=O) groups excluding carboxylic acids is 1. The lowest BCUT2D eigenvalue weighted by atomic mass is 10.2. The van der Waals surface area contributed by atoms with Gasteiger partial charge < -0.3 is 8.83 Å². The SMILES string of the molecule is O=C(/C=C/c1ccc(-c2cccc(Cl)c2)o1)c1ccco1. The van der Waals surface area contributed by atoms with E-state index in [1.165, 1.54) is 12.3 Å². The number of hydrogen-bond donors (Lipinski definition) is 0. The van der Waals surface area contributed by atoms with E-state index in [1.807, 2.05) is 24.3 Å². The third-order valence-corrected chi connectivity index (χ3v) is 3.13. The van der Waals surface area contributed by atoms with Crippen LogP contribution in [0.1, 0.15) is 16.3 Å². The van der Waals surface area contributed by atoms with Crippen molar-refractivity contribution in [3.05, 3.63) is 77.4 Å². The first kappa shape index (κ1) is 13.5. The van der Waals surface area contributed by atoms with E-state index in [1.54, 1.807) is 30.3 Å². The van der Waals surface area contributed by atoms with E-state index in [0.29, 0.717) is 22.3 Å². The van der Waals surface area contributed by atoms with Crippen LogP contribution in [0.15, 0.2) is 69.7 Å². The predicted molar refractivity (Wildman–Crippen MR) is 81.2 cm³/mol. The zero-order valence-corrected chi connectivity index (χ0v) is 11.7. The van der Waals surface area contributed by atoms with Gasteiger partial charge in [-0.25, -0.2) is 0 Å². The molecule has 21 heavy (non-hydrogen) atoms. The molecule has 0 aliphatic rings. The van der Waals surface area contributed by atoms with E-state index < -0.39 is 0 Å². The lowest BCUT2D eigenvalue weighted by Crippen LogP contribution is -1.89. The molecule has 1 aromatic carbocycles. The van der Waals surface area contributed by atoms with Crippen molar-refractivity contribution >= 4 is 23.5 Å². The van der Waals surface area contributed by atoms with Gasteiger partial charge in [0.05, 0.1) is 6.26 Å². The van der Waals surface area contributed by atoms with Crippen LogP contribution in [0.4, 0.5) is 0 Å². The lowest BCUT2D eigenvalue weighted by Gasteiger charge is -1.96. The van der Waals surface area contributed by atoms with Crippen LogP contribution in [-0.4, -0.2) is 5.78 Å². The fourth-order valence-electron chi connectivity index (χ4n) is 1.90. The van der Waals surface area contributed by atoms with E-state index >= 15 is 0 Å². The summed E-state index contributed by atoms with van der Waals surface area (Å²) in [5.41, 5.74) is 0.888. The minimum atomic E-state index is -0.208. The van der Waals surface area contributed by atoms with Crippen LogP contribution in [0.25, 0.3) is 17.4 Å². The number of furan rings is 2. The van der Waals surface area contributed by atoms with Crippen molar-refractivity contribution < 1.29 is 13.6 Å². The molecular formula is C17H11ClO3. The number of ketones is 1. The third-order valence-electron chi connectivity index (χ3n) is 2.90. The Hall–Kier alpha value is -2.52. The molecule has 2 aromatic heterocycles. The van der Waals surface area contributed by atoms with Gasteiger partial charge in [0.2, 0.25) is 5.78 Å². The van der Waals surface area contributed by atoms with Crippen molar-refractivity contribution in [1.29, 1.82) is 0 Å². The molecule has 104 valence electrons. The van der Waals surface area contributed by atoms with Gasteiger partial charge in [0.25, 0.3) is 0 Å². The van der Waals surface area contributed by atoms with Crippen LogP contribution >= 0.6 is 11.6 Å². The van der Waals surface area contributed by atoms with Crippen molar-refractivity contribution in [3.8, 4) is 11.3 Å². The van der Waals surface area contributed by atoms with E-state index in [-0.39, 0.29) is 5.78 Å². The molecule has 0 bridgehead atoms. The molecule has 0 amide bonds. The molecule has 0 spiro atoms. The van der Waals surface area contributed by atoms with Gasteiger partial charge in [0, 0.05) is 10.6 Å². The number of hydrogen-bond acceptors (Lipinski definition) is 3. The highest BCUT2D eigenvalue weighted by atomic mass is 35.5. The molecule has 3 rings (SSSR count). The summed E-state index contributed by atoms with van der Waals surface area (Å²) < 4.78 is 10.7. The fraction of sp³-hybridized carbons (Fsp3) is 0. The molecule has 0 atom stereocenters. The summed E-state index contributed by atoms with van der Waals surface area (Å²) in [6.07, 6.45) is 4.49. The molecule has 0 radical (unpaired) electrons. The maximum atomic E-state index is 11.8. The number of benzene rings is 1. The van der Waals surface area contributed by atoms with Gasteiger partial charge in [-0.15, -0.1) is 0 Å². The molecular weight excluding hydrogens is 288 g/mol. The summed E-state index contributed by atoms with van der Waals surface area (Å²) in [5, 5.41) is 0.647. The smallest absolute Gasteiger partial charge is 0.221 e. The van der Waals surface area contributed by atoms with Crippen molar-refractivity contribution in [1.82, 2.24) is 0 Å². The molecule has 0 unspecified atom stereocenters. The van der Waals surface area contributed by atoms with Crippen LogP contribution in [0.3, 0.4) is 0 Å². The topological polar surface area (TPSA) is 43.4 Å². The summed E-state index contributed by atoms with van der Waals surface area (Å²) >= 11 is 5.95. The maximum Gasteiger partial charge on any atom is 0.221 e. The molecule has 2 heterocycles. The highest BCUT2D eigenvalue weighted by Crippen LogP contribution is 2.25. The number of rotatable bonds is 4. The van der Waals surface area contributed by atoms with Gasteiger partial charge in [0.15, 0.2) is 5.76 Å². The van der Waals surface area contributed by atoms with Gasteiger partial charge in [-0.3, -0.25) is 4.79 Å². The number of allylic oxidation sites excluding steroid dienone is 1. The standard InChI is InChI=1S/C17H11ClO3/c18-13-4-1-3-12(11-13)16-9-7-14(21-16)6-8-15(19)17-5-2-10-20-17/h1-11H/b8-6+. The average Bonchev–Trinajstić information content (AvgIpc) is 3.16. The second-order valence-corrected chi connectivity index (χ2v) is 4.82. The zero-order chi connectivity index (χ0) is 14.7. The highest BCUT2D eigenvalue weighted by Gasteiger charge is 2.06. The van der Waals surface area contributed by atoms with Gasteiger partial charge in [-0.05, 0) is 48.6 Å². The molecule has 3 nitrogen and oxygen atoms in total. The summed E-state index contributed by atoms with van der Waals surface area (Å²) in [4.78, 5) is 11.8. The third kappa shape index (κ3) is 3.15. The Balaban J connectivity index is 1.78. The second kappa shape index (κ2) is 5.85. The Morgan fingerprint density at radius 2 is 2.00 bits per heavy atom. The first-order valence-electron chi connectivity index (χ1n) is 6.34. The van der Waals surface area contributed by atoms with E-state index in [9.17, 15) is 4.79 Å². The normalized spacial score (nSPS) is 11.1. The largest absolute Gasteiger partial charge is 0.461 e. The first-order valence-corrected chi connectivity index (χ1v) is 6.72. The van der Waals surface area contributed by atoms with Gasteiger partial charge in [0.1, 0.15) is 11.5 Å². The first-order chi connectivity index (χ1) is 10.2. The fourth-order valence-corrected chi connectivity index (χ4v) is 2.09. The Morgan fingerprint density at radius 1 is 1.10 bits per heavy atom. The second-order valence-electron chi connectivity index (χ2n) is 4.39. The van der Waals surface area contributed by atoms with Crippen LogP contribution in [0, 0.1) is 0 Å². The maximum absolute atomic E-state index is 11.8. The molecule has 0 aliphatic heterocycles. The predicted octanol–water partition coefficient (Wildman–Crippen LogP) is 5.09. The summed E-state index contributed by atoms with van der Waals surface area (Å²) in [6, 6.07) is 14.3. The molecule has 0 saturated heterocycles. The lowest BCUT2D eigenvalue weighted by molar-refractivity contribution is 0.102. The van der Waals surface area contributed by atoms with E-state index in [4.69, 9.17) is 20.4 Å². The minimum absolute atomic E-state index is 0.208. The van der Waals surface area contributed by atoms with Crippen LogP contribution in [0.2, 0.25) is 5.02 Å². The highest BCUT2D eigenvalue weighted by molar-refractivity contribution is 6.30. The summed E-state index contributed by atoms with van der Waals surface area (Å²) in [6.45, 7) is 0. The van der Waals surface area contributed by atoms with Crippen molar-refractivity contribution in [2.45, 2.75) is 0 Å². The number of halogens is 1. The minimum Gasteiger partial charge on any atom is -0.461 e. The Labute approximate surface area is 126 Å². The molecule has 0 N–H and O–H groups in total. The Morgan fingerprint density at radius 3 is 2.76 bits per heavy atom. The summed E-state index contributed by atoms with van der Waals surface area (Å²) in [5.74, 6) is 1.38. The molecule has 0 saturated carbocycles. The van der Waals surface area contributed by atoms with Crippen molar-refractivity contribution in [3.63, 3.8) is 0 Å². The van der Waals surface area contributed by atoms with Crippen LogP contribution in [-0.2, 0) is 0 Å². The molecule has 3 aromatic rings. The molecule has 0 fully saturated rings. The van der Waals surface area contributed by atoms with Crippen molar-refractivity contribution in [2.24, 2.45) is 0 Å². The Kier molecular flexibility index (Phi) is 3.75. The van der Waals surface area contributed by atoms with Crippen LogP contribution < -0.4 is 0 Å². The van der Waals surface area contributed by atoms with E-state index in [2.05, 4.69) is 0 Å². The van der Waals surface area contributed by atoms with E-state index in [0.717, 1.165) is 5.56 Å². The van der Waals surface area contributed by atoms with Gasteiger partial charge in [-0.2, -0.15) is 0 Å². The quantitative estimate of drug-likeness (QED) is 0.498.